The number of carbonyl (C=O) groups is 4. The molecule has 24 heavy (non-hydrogen) atoms. The van der Waals surface area contributed by atoms with Gasteiger partial charge in [0.05, 0.1) is 6.54 Å². The first kappa shape index (κ1) is 17.8. The number of carbonyl (C=O) groups excluding carboxylic acids is 2. The van der Waals surface area contributed by atoms with Gasteiger partial charge in [-0.1, -0.05) is 0 Å². The van der Waals surface area contributed by atoms with Gasteiger partial charge in [-0.3, -0.25) is 14.4 Å². The van der Waals surface area contributed by atoms with E-state index in [-0.39, 0.29) is 17.8 Å². The highest BCUT2D eigenvalue weighted by Gasteiger charge is 2.37. The molecule has 1 aliphatic rings. The number of hydrogen-bond donors (Lipinski definition) is 3. The van der Waals surface area contributed by atoms with Crippen LogP contribution in [-0.2, 0) is 20.8 Å². The molecule has 0 aromatic carbocycles. The lowest BCUT2D eigenvalue weighted by molar-refractivity contribution is -0.141. The largest absolute Gasteiger partial charge is 0.480 e. The van der Waals surface area contributed by atoms with Crippen molar-refractivity contribution in [3.8, 4) is 0 Å². The highest BCUT2D eigenvalue weighted by molar-refractivity contribution is 7.12. The molecule has 1 aromatic heterocycles. The highest BCUT2D eigenvalue weighted by atomic mass is 32.1. The van der Waals surface area contributed by atoms with Gasteiger partial charge in [-0.05, 0) is 30.4 Å². The van der Waals surface area contributed by atoms with Crippen molar-refractivity contribution < 1.29 is 29.4 Å². The smallest absolute Gasteiger partial charge is 0.346 e. The first-order chi connectivity index (χ1) is 11.2. The Kier molecular flexibility index (Phi) is 5.15. The summed E-state index contributed by atoms with van der Waals surface area (Å²) in [5, 5.41) is 19.6. The second-order valence-electron chi connectivity index (χ2n) is 5.45. The Bertz CT molecular complexity index is 738. The van der Waals surface area contributed by atoms with Crippen LogP contribution in [0.2, 0.25) is 0 Å². The number of nitrogens with two attached hydrogens (primary N) is 1. The Morgan fingerprint density at radius 1 is 1.38 bits per heavy atom. The Balaban J connectivity index is 2.26. The lowest BCUT2D eigenvalue weighted by Crippen LogP contribution is -2.48. The molecule has 0 bridgehead atoms. The number of nitrogens with zero attached hydrogens (tertiary/aromatic N) is 1. The number of ketones is 1. The lowest BCUT2D eigenvalue weighted by atomic mass is 9.88. The van der Waals surface area contributed by atoms with Gasteiger partial charge in [0.15, 0.2) is 5.78 Å². The molecule has 2 rings (SSSR count). The van der Waals surface area contributed by atoms with Gasteiger partial charge in [-0.25, -0.2) is 4.79 Å². The fourth-order valence-electron chi connectivity index (χ4n) is 2.46. The van der Waals surface area contributed by atoms with Crippen LogP contribution in [0.3, 0.4) is 0 Å². The van der Waals surface area contributed by atoms with Crippen LogP contribution in [0.4, 0.5) is 0 Å². The molecule has 0 fully saturated rings. The summed E-state index contributed by atoms with van der Waals surface area (Å²) in [6.45, 7) is 1.26. The number of aromatic carboxylic acids is 1. The van der Waals surface area contributed by atoms with Crippen molar-refractivity contribution in [3.05, 3.63) is 33.7 Å². The third-order valence-electron chi connectivity index (χ3n) is 3.71. The second-order valence-corrected chi connectivity index (χ2v) is 6.36. The van der Waals surface area contributed by atoms with Gasteiger partial charge in [0.1, 0.15) is 16.8 Å². The summed E-state index contributed by atoms with van der Waals surface area (Å²) in [4.78, 5) is 48.1. The van der Waals surface area contributed by atoms with Crippen LogP contribution in [0, 0.1) is 5.92 Å². The molecule has 2 heterocycles. The van der Waals surface area contributed by atoms with Crippen molar-refractivity contribution in [2.45, 2.75) is 19.4 Å². The summed E-state index contributed by atoms with van der Waals surface area (Å²) in [5.74, 6) is -4.43. The molecule has 0 saturated carbocycles. The number of carboxylic acids is 2. The molecule has 4 N–H and O–H groups in total. The summed E-state index contributed by atoms with van der Waals surface area (Å²) in [7, 11) is 0. The molecule has 1 aliphatic heterocycles. The summed E-state index contributed by atoms with van der Waals surface area (Å²) >= 11 is 1.02. The van der Waals surface area contributed by atoms with E-state index >= 15 is 0 Å². The average Bonchev–Trinajstić information content (AvgIpc) is 2.97. The van der Waals surface area contributed by atoms with Crippen LogP contribution in [0.5, 0.6) is 0 Å². The number of rotatable bonds is 6. The predicted octanol–water partition coefficient (Wildman–Crippen LogP) is 0.332. The van der Waals surface area contributed by atoms with Gasteiger partial charge in [0, 0.05) is 11.8 Å². The van der Waals surface area contributed by atoms with E-state index in [9.17, 15) is 19.2 Å². The van der Waals surface area contributed by atoms with E-state index in [1.807, 2.05) is 0 Å². The molecule has 0 radical (unpaired) electrons. The van der Waals surface area contributed by atoms with Crippen molar-refractivity contribution >= 4 is 35.0 Å². The zero-order valence-electron chi connectivity index (χ0n) is 12.8. The average molecular weight is 352 g/mol. The van der Waals surface area contributed by atoms with Crippen LogP contribution in [0.25, 0.3) is 0 Å². The van der Waals surface area contributed by atoms with Crippen molar-refractivity contribution in [1.82, 2.24) is 4.90 Å². The number of thiophene rings is 1. The van der Waals surface area contributed by atoms with Gasteiger partial charge in [-0.2, -0.15) is 0 Å². The molecule has 128 valence electrons. The second kappa shape index (κ2) is 6.93. The number of allylic oxidation sites excluding steroid dienone is 1. The summed E-state index contributed by atoms with van der Waals surface area (Å²) in [5.41, 5.74) is 6.15. The molecule has 1 aromatic rings. The van der Waals surface area contributed by atoms with Crippen molar-refractivity contribution in [1.29, 1.82) is 0 Å². The van der Waals surface area contributed by atoms with Crippen LogP contribution in [0.15, 0.2) is 23.2 Å². The SMILES string of the molecule is CC1=CN(CC(N)C(=O)O)C(=O)[C@@H](Cc2ccsc2C(=O)O)C1=O. The number of amides is 1. The Hall–Kier alpha value is -2.52. The predicted molar refractivity (Wildman–Crippen MR) is 84.6 cm³/mol. The molecule has 2 atom stereocenters. The fraction of sp³-hybridized carbons (Fsp3) is 0.333. The molecule has 0 spiro atoms. The van der Waals surface area contributed by atoms with Gasteiger partial charge >= 0.3 is 11.9 Å². The molecule has 9 heteroatoms. The number of aliphatic carboxylic acids is 1. The topological polar surface area (TPSA) is 138 Å². The first-order valence-corrected chi connectivity index (χ1v) is 7.91. The van der Waals surface area contributed by atoms with Crippen LogP contribution >= 0.6 is 11.3 Å². The number of carboxylic acid groups (broad SMARTS) is 2. The molecule has 0 aliphatic carbocycles. The highest BCUT2D eigenvalue weighted by Crippen LogP contribution is 2.26. The minimum atomic E-state index is -1.28. The quantitative estimate of drug-likeness (QED) is 0.627. The van der Waals surface area contributed by atoms with Crippen molar-refractivity contribution in [2.75, 3.05) is 6.54 Å². The van der Waals surface area contributed by atoms with E-state index in [2.05, 4.69) is 0 Å². The van der Waals surface area contributed by atoms with Crippen molar-refractivity contribution in [2.24, 2.45) is 11.7 Å². The molecule has 0 saturated heterocycles. The maximum absolute atomic E-state index is 12.5. The van der Waals surface area contributed by atoms with E-state index in [1.165, 1.54) is 13.1 Å². The summed E-state index contributed by atoms with van der Waals surface area (Å²) < 4.78 is 0. The maximum atomic E-state index is 12.5. The fourth-order valence-corrected chi connectivity index (χ4v) is 3.24. The van der Waals surface area contributed by atoms with Crippen LogP contribution in [-0.4, -0.2) is 51.3 Å². The third kappa shape index (κ3) is 3.52. The minimum Gasteiger partial charge on any atom is -0.480 e. The maximum Gasteiger partial charge on any atom is 0.346 e. The molecule has 1 amide bonds. The normalized spacial score (nSPS) is 19.2. The zero-order valence-corrected chi connectivity index (χ0v) is 13.6. The monoisotopic (exact) mass is 352 g/mol. The van der Waals surface area contributed by atoms with Crippen molar-refractivity contribution in [3.63, 3.8) is 0 Å². The van der Waals surface area contributed by atoms with E-state index in [0.29, 0.717) is 11.1 Å². The lowest BCUT2D eigenvalue weighted by Gasteiger charge is -2.30. The van der Waals surface area contributed by atoms with E-state index in [1.54, 1.807) is 11.4 Å². The van der Waals surface area contributed by atoms with Crippen LogP contribution in [0.1, 0.15) is 22.2 Å². The summed E-state index contributed by atoms with van der Waals surface area (Å²) in [6, 6.07) is 0.290. The number of Topliss-reactive ketones (excluding diaryl/α,β-unsaturated/α-hetero) is 1. The standard InChI is InChI=1S/C15H16N2O6S/c1-7-5-17(6-10(16)14(20)21)13(19)9(11(7)18)4-8-2-3-24-12(8)15(22)23/h2-3,5,9-10H,4,6,16H2,1H3,(H,20,21)(H,22,23)/t9-,10?/m0/s1. The molecule has 1 unspecified atom stereocenters. The zero-order chi connectivity index (χ0) is 18.0. The minimum absolute atomic E-state index is 0.0488. The Morgan fingerprint density at radius 2 is 2.04 bits per heavy atom. The van der Waals surface area contributed by atoms with Gasteiger partial charge in [-0.15, -0.1) is 11.3 Å². The van der Waals surface area contributed by atoms with E-state index < -0.39 is 35.6 Å². The number of hydrogen-bond acceptors (Lipinski definition) is 6. The van der Waals surface area contributed by atoms with Gasteiger partial charge < -0.3 is 20.8 Å². The van der Waals surface area contributed by atoms with Gasteiger partial charge in [0.2, 0.25) is 5.91 Å². The Labute approximate surface area is 141 Å². The molecular weight excluding hydrogens is 336 g/mol. The van der Waals surface area contributed by atoms with E-state index in [0.717, 1.165) is 16.2 Å². The summed E-state index contributed by atoms with van der Waals surface area (Å²) in [6.07, 6.45) is 1.24. The third-order valence-corrected chi connectivity index (χ3v) is 4.66. The van der Waals surface area contributed by atoms with Gasteiger partial charge in [0.25, 0.3) is 0 Å². The Morgan fingerprint density at radius 3 is 2.62 bits per heavy atom. The molecule has 8 nitrogen and oxygen atoms in total. The van der Waals surface area contributed by atoms with Crippen LogP contribution < -0.4 is 5.73 Å². The van der Waals surface area contributed by atoms with E-state index in [4.69, 9.17) is 15.9 Å². The first-order valence-electron chi connectivity index (χ1n) is 7.03. The molecular formula is C15H16N2O6S.